The number of aromatic nitrogens is 1. The van der Waals surface area contributed by atoms with E-state index in [2.05, 4.69) is 5.32 Å². The lowest BCUT2D eigenvalue weighted by Crippen LogP contribution is -2.18. The van der Waals surface area contributed by atoms with Gasteiger partial charge in [-0.2, -0.15) is 0 Å². The van der Waals surface area contributed by atoms with E-state index in [1.165, 1.54) is 0 Å². The smallest absolute Gasteiger partial charge is 0.337 e. The van der Waals surface area contributed by atoms with Crippen molar-refractivity contribution in [2.45, 2.75) is 13.3 Å². The van der Waals surface area contributed by atoms with E-state index in [0.29, 0.717) is 16.9 Å². The summed E-state index contributed by atoms with van der Waals surface area (Å²) in [5.74, 6) is -1.24. The van der Waals surface area contributed by atoms with Crippen LogP contribution in [0.2, 0.25) is 0 Å². The van der Waals surface area contributed by atoms with E-state index in [1.54, 1.807) is 36.9 Å². The van der Waals surface area contributed by atoms with E-state index in [1.807, 2.05) is 18.2 Å². The van der Waals surface area contributed by atoms with E-state index < -0.39 is 5.97 Å². The van der Waals surface area contributed by atoms with Crippen molar-refractivity contribution in [3.05, 3.63) is 53.3 Å². The molecule has 0 unspecified atom stereocenters. The fraction of sp³-hybridized carbons (Fsp3) is 0.200. The molecule has 0 spiro atoms. The molecule has 2 aromatic rings. The van der Waals surface area contributed by atoms with Crippen LogP contribution in [0, 0.1) is 6.92 Å². The zero-order valence-corrected chi connectivity index (χ0v) is 11.4. The minimum atomic E-state index is -1.01. The van der Waals surface area contributed by atoms with Crippen LogP contribution in [-0.2, 0) is 18.3 Å². The molecule has 0 saturated carbocycles. The number of nitrogens with zero attached hydrogens (tertiary/aromatic N) is 1. The van der Waals surface area contributed by atoms with E-state index in [0.717, 1.165) is 0 Å². The summed E-state index contributed by atoms with van der Waals surface area (Å²) in [5.41, 5.74) is 2.06. The first-order valence-electron chi connectivity index (χ1n) is 6.22. The van der Waals surface area contributed by atoms with Gasteiger partial charge in [-0.3, -0.25) is 4.79 Å². The first kappa shape index (κ1) is 13.9. The van der Waals surface area contributed by atoms with Crippen LogP contribution >= 0.6 is 0 Å². The maximum atomic E-state index is 12.0. The number of nitrogens with one attached hydrogen (secondary N) is 1. The minimum absolute atomic E-state index is 0.0286. The largest absolute Gasteiger partial charge is 0.478 e. The van der Waals surface area contributed by atoms with Gasteiger partial charge in [0.05, 0.1) is 12.0 Å². The van der Waals surface area contributed by atoms with Crippen LogP contribution in [0.25, 0.3) is 0 Å². The van der Waals surface area contributed by atoms with E-state index in [-0.39, 0.29) is 17.9 Å². The zero-order valence-electron chi connectivity index (χ0n) is 11.4. The normalized spacial score (nSPS) is 10.3. The number of aryl methyl sites for hydroxylation is 2. The van der Waals surface area contributed by atoms with Gasteiger partial charge in [0, 0.05) is 24.6 Å². The number of hydrogen-bond donors (Lipinski definition) is 2. The highest BCUT2D eigenvalue weighted by atomic mass is 16.4. The van der Waals surface area contributed by atoms with Crippen LogP contribution < -0.4 is 5.32 Å². The summed E-state index contributed by atoms with van der Waals surface area (Å²) < 4.78 is 1.68. The highest BCUT2D eigenvalue weighted by Crippen LogP contribution is 2.17. The number of carboxylic acids is 1. The summed E-state index contributed by atoms with van der Waals surface area (Å²) >= 11 is 0. The van der Waals surface area contributed by atoms with Gasteiger partial charge in [-0.05, 0) is 24.6 Å². The number of benzene rings is 1. The fourth-order valence-electron chi connectivity index (χ4n) is 2.22. The Kier molecular flexibility index (Phi) is 3.89. The molecule has 0 radical (unpaired) electrons. The van der Waals surface area contributed by atoms with Crippen molar-refractivity contribution >= 4 is 17.6 Å². The zero-order chi connectivity index (χ0) is 14.7. The summed E-state index contributed by atoms with van der Waals surface area (Å²) in [6, 6.07) is 9.08. The summed E-state index contributed by atoms with van der Waals surface area (Å²) in [4.78, 5) is 23.3. The van der Waals surface area contributed by atoms with Crippen LogP contribution in [0.4, 0.5) is 5.69 Å². The quantitative estimate of drug-likeness (QED) is 0.896. The van der Waals surface area contributed by atoms with Gasteiger partial charge in [0.15, 0.2) is 0 Å². The van der Waals surface area contributed by atoms with Crippen LogP contribution in [-0.4, -0.2) is 21.6 Å². The molecule has 0 saturated heterocycles. The molecule has 0 aliphatic rings. The molecule has 1 amide bonds. The van der Waals surface area contributed by atoms with Crippen molar-refractivity contribution in [2.75, 3.05) is 5.32 Å². The predicted molar refractivity (Wildman–Crippen MR) is 75.9 cm³/mol. The fourth-order valence-corrected chi connectivity index (χ4v) is 2.22. The van der Waals surface area contributed by atoms with Gasteiger partial charge >= 0.3 is 5.97 Å². The molecule has 2 rings (SSSR count). The number of hydrogen-bond acceptors (Lipinski definition) is 2. The third kappa shape index (κ3) is 2.88. The molecule has 0 aliphatic carbocycles. The molecule has 5 heteroatoms. The standard InChI is InChI=1S/C15H16N2O3/c1-10-9-17(2)12(14(10)15(19)20)8-13(18)16-11-6-4-3-5-7-11/h3-7,9H,8H2,1-2H3,(H,16,18)(H,19,20). The second-order valence-corrected chi connectivity index (χ2v) is 4.64. The van der Waals surface area contributed by atoms with Gasteiger partial charge in [0.1, 0.15) is 0 Å². The SMILES string of the molecule is Cc1cn(C)c(CC(=O)Nc2ccccc2)c1C(=O)O. The van der Waals surface area contributed by atoms with Crippen molar-refractivity contribution in [3.63, 3.8) is 0 Å². The van der Waals surface area contributed by atoms with Gasteiger partial charge in [-0.25, -0.2) is 4.79 Å². The number of rotatable bonds is 4. The molecule has 1 heterocycles. The van der Waals surface area contributed by atoms with Crippen LogP contribution in [0.15, 0.2) is 36.5 Å². The van der Waals surface area contributed by atoms with Gasteiger partial charge in [0.2, 0.25) is 5.91 Å². The van der Waals surface area contributed by atoms with E-state index in [9.17, 15) is 14.7 Å². The number of carboxylic acid groups (broad SMARTS) is 1. The molecule has 2 N–H and O–H groups in total. The maximum Gasteiger partial charge on any atom is 0.337 e. The first-order chi connectivity index (χ1) is 9.49. The van der Waals surface area contributed by atoms with Crippen LogP contribution in [0.3, 0.4) is 0 Å². The minimum Gasteiger partial charge on any atom is -0.478 e. The number of amides is 1. The Morgan fingerprint density at radius 2 is 1.90 bits per heavy atom. The van der Waals surface area contributed by atoms with Crippen LogP contribution in [0.5, 0.6) is 0 Å². The van der Waals surface area contributed by atoms with Gasteiger partial charge in [-0.1, -0.05) is 18.2 Å². The molecule has 5 nitrogen and oxygen atoms in total. The predicted octanol–water partition coefficient (Wildman–Crippen LogP) is 2.21. The molecule has 0 aliphatic heterocycles. The van der Waals surface area contributed by atoms with Gasteiger partial charge < -0.3 is 15.0 Å². The Bertz CT molecular complexity index is 645. The average Bonchev–Trinajstić information content (AvgIpc) is 2.65. The molecule has 1 aromatic carbocycles. The van der Waals surface area contributed by atoms with Gasteiger partial charge in [0.25, 0.3) is 0 Å². The third-order valence-electron chi connectivity index (χ3n) is 3.10. The Morgan fingerprint density at radius 1 is 1.25 bits per heavy atom. The second-order valence-electron chi connectivity index (χ2n) is 4.64. The summed E-state index contributed by atoms with van der Waals surface area (Å²) in [6.45, 7) is 1.72. The molecular formula is C15H16N2O3. The lowest BCUT2D eigenvalue weighted by molar-refractivity contribution is -0.115. The van der Waals surface area contributed by atoms with E-state index in [4.69, 9.17) is 0 Å². The molecule has 20 heavy (non-hydrogen) atoms. The summed E-state index contributed by atoms with van der Waals surface area (Å²) in [7, 11) is 1.74. The summed E-state index contributed by atoms with van der Waals surface area (Å²) in [5, 5.41) is 12.0. The molecule has 0 bridgehead atoms. The maximum absolute atomic E-state index is 12.0. The van der Waals surface area contributed by atoms with Gasteiger partial charge in [-0.15, -0.1) is 0 Å². The highest BCUT2D eigenvalue weighted by Gasteiger charge is 2.19. The molecule has 0 fully saturated rings. The number of aromatic carboxylic acids is 1. The Morgan fingerprint density at radius 3 is 2.50 bits per heavy atom. The number of para-hydroxylation sites is 1. The molecular weight excluding hydrogens is 256 g/mol. The lowest BCUT2D eigenvalue weighted by atomic mass is 10.1. The van der Waals surface area contributed by atoms with Crippen molar-refractivity contribution < 1.29 is 14.7 Å². The van der Waals surface area contributed by atoms with Crippen molar-refractivity contribution in [2.24, 2.45) is 7.05 Å². The molecule has 104 valence electrons. The number of carbonyl (C=O) groups excluding carboxylic acids is 1. The number of anilines is 1. The van der Waals surface area contributed by atoms with Crippen molar-refractivity contribution in [1.82, 2.24) is 4.57 Å². The number of carbonyl (C=O) groups is 2. The van der Waals surface area contributed by atoms with E-state index >= 15 is 0 Å². The first-order valence-corrected chi connectivity index (χ1v) is 6.22. The second kappa shape index (κ2) is 5.61. The Hall–Kier alpha value is -2.56. The topological polar surface area (TPSA) is 71.3 Å². The van der Waals surface area contributed by atoms with Crippen molar-refractivity contribution in [3.8, 4) is 0 Å². The molecule has 0 atom stereocenters. The monoisotopic (exact) mass is 272 g/mol. The molecule has 1 aromatic heterocycles. The van der Waals surface area contributed by atoms with Crippen LogP contribution in [0.1, 0.15) is 21.6 Å². The highest BCUT2D eigenvalue weighted by molar-refractivity contribution is 5.96. The Labute approximate surface area is 116 Å². The third-order valence-corrected chi connectivity index (χ3v) is 3.10. The lowest BCUT2D eigenvalue weighted by Gasteiger charge is -2.07. The average molecular weight is 272 g/mol. The van der Waals surface area contributed by atoms with Crippen molar-refractivity contribution in [1.29, 1.82) is 0 Å². The Balaban J connectivity index is 2.18. The summed E-state index contributed by atoms with van der Waals surface area (Å²) in [6.07, 6.45) is 1.75.